The number of hydrogen-bond donors (Lipinski definition) is 2. The van der Waals surface area contributed by atoms with Crippen molar-refractivity contribution in [3.8, 4) is 0 Å². The Bertz CT molecular complexity index is 746. The van der Waals surface area contributed by atoms with Gasteiger partial charge in [-0.15, -0.1) is 0 Å². The number of aromatic nitrogens is 1. The van der Waals surface area contributed by atoms with Crippen molar-refractivity contribution >= 4 is 17.5 Å². The molecule has 28 heavy (non-hydrogen) atoms. The second-order valence-electron chi connectivity index (χ2n) is 6.87. The average molecular weight is 381 g/mol. The van der Waals surface area contributed by atoms with Crippen LogP contribution in [0.4, 0.5) is 5.69 Å². The first kappa shape index (κ1) is 19.8. The van der Waals surface area contributed by atoms with Crippen molar-refractivity contribution < 1.29 is 9.59 Å². The summed E-state index contributed by atoms with van der Waals surface area (Å²) in [5.74, 6) is -0.367. The van der Waals surface area contributed by atoms with Crippen LogP contribution < -0.4 is 15.8 Å². The monoisotopic (exact) mass is 381 g/mol. The third-order valence-corrected chi connectivity index (χ3v) is 4.85. The molecule has 2 heterocycles. The van der Waals surface area contributed by atoms with Crippen LogP contribution in [0.1, 0.15) is 18.4 Å². The highest BCUT2D eigenvalue weighted by Gasteiger charge is 2.17. The summed E-state index contributed by atoms with van der Waals surface area (Å²) in [5, 5.41) is 0. The Kier molecular flexibility index (Phi) is 7.37. The van der Waals surface area contributed by atoms with Crippen LogP contribution in [-0.2, 0) is 16.0 Å². The third-order valence-electron chi connectivity index (χ3n) is 4.85. The van der Waals surface area contributed by atoms with Crippen molar-refractivity contribution in [1.29, 1.82) is 0 Å². The van der Waals surface area contributed by atoms with Gasteiger partial charge in [0.1, 0.15) is 0 Å². The normalized spacial score (nSPS) is 14.5. The molecular weight excluding hydrogens is 354 g/mol. The molecule has 0 unspecified atom stereocenters. The summed E-state index contributed by atoms with van der Waals surface area (Å²) in [6.45, 7) is 4.47. The summed E-state index contributed by atoms with van der Waals surface area (Å²) >= 11 is 0. The van der Waals surface area contributed by atoms with Crippen LogP contribution in [0, 0.1) is 0 Å². The Labute approximate surface area is 165 Å². The van der Waals surface area contributed by atoms with Gasteiger partial charge in [0.05, 0.1) is 0 Å². The van der Waals surface area contributed by atoms with E-state index in [1.165, 1.54) is 5.69 Å². The topological polar surface area (TPSA) is 77.6 Å². The van der Waals surface area contributed by atoms with E-state index in [1.807, 2.05) is 18.2 Å². The smallest absolute Gasteiger partial charge is 0.239 e. The maximum atomic E-state index is 12.0. The van der Waals surface area contributed by atoms with Crippen LogP contribution in [0.25, 0.3) is 0 Å². The van der Waals surface area contributed by atoms with Gasteiger partial charge in [-0.25, -0.2) is 0 Å². The molecule has 1 aliphatic heterocycles. The van der Waals surface area contributed by atoms with E-state index < -0.39 is 0 Å². The molecule has 7 nitrogen and oxygen atoms in total. The second kappa shape index (κ2) is 10.4. The molecule has 0 bridgehead atoms. The lowest BCUT2D eigenvalue weighted by Gasteiger charge is -2.36. The predicted molar refractivity (Wildman–Crippen MR) is 109 cm³/mol. The quantitative estimate of drug-likeness (QED) is 0.709. The van der Waals surface area contributed by atoms with E-state index in [9.17, 15) is 9.59 Å². The van der Waals surface area contributed by atoms with Crippen LogP contribution in [0.15, 0.2) is 54.9 Å². The van der Waals surface area contributed by atoms with Gasteiger partial charge < -0.3 is 4.90 Å². The lowest BCUT2D eigenvalue weighted by atomic mass is 10.1. The highest BCUT2D eigenvalue weighted by molar-refractivity contribution is 5.82. The Morgan fingerprint density at radius 2 is 1.61 bits per heavy atom. The van der Waals surface area contributed by atoms with Crippen LogP contribution in [0.5, 0.6) is 0 Å². The summed E-state index contributed by atoms with van der Waals surface area (Å²) < 4.78 is 0. The lowest BCUT2D eigenvalue weighted by molar-refractivity contribution is -0.129. The van der Waals surface area contributed by atoms with E-state index in [-0.39, 0.29) is 11.8 Å². The zero-order valence-corrected chi connectivity index (χ0v) is 16.0. The number of amides is 2. The highest BCUT2D eigenvalue weighted by Crippen LogP contribution is 2.15. The Morgan fingerprint density at radius 1 is 0.893 bits per heavy atom. The Morgan fingerprint density at radius 3 is 2.29 bits per heavy atom. The summed E-state index contributed by atoms with van der Waals surface area (Å²) in [6, 6.07) is 14.1. The number of hydrogen-bond acceptors (Lipinski definition) is 5. The van der Waals surface area contributed by atoms with Gasteiger partial charge in [0.25, 0.3) is 0 Å². The minimum Gasteiger partial charge on any atom is -0.369 e. The number of carbonyl (C=O) groups excluding carboxylic acids is 2. The fourth-order valence-electron chi connectivity index (χ4n) is 3.20. The van der Waals surface area contributed by atoms with Crippen molar-refractivity contribution in [1.82, 2.24) is 20.7 Å². The molecule has 148 valence electrons. The number of benzene rings is 1. The number of rotatable bonds is 7. The number of para-hydroxylation sites is 1. The van der Waals surface area contributed by atoms with E-state index in [2.05, 4.69) is 49.9 Å². The van der Waals surface area contributed by atoms with Gasteiger partial charge in [0.2, 0.25) is 11.8 Å². The zero-order chi connectivity index (χ0) is 19.6. The molecule has 1 aromatic heterocycles. The minimum absolute atomic E-state index is 0.166. The first-order valence-electron chi connectivity index (χ1n) is 9.69. The average Bonchev–Trinajstić information content (AvgIpc) is 2.76. The number of piperazine rings is 1. The van der Waals surface area contributed by atoms with Crippen molar-refractivity contribution in [2.45, 2.75) is 19.3 Å². The molecule has 0 radical (unpaired) electrons. The van der Waals surface area contributed by atoms with Crippen molar-refractivity contribution in [3.63, 3.8) is 0 Å². The number of aryl methyl sites for hydroxylation is 1. The zero-order valence-electron chi connectivity index (χ0n) is 16.0. The molecule has 0 saturated carbocycles. The summed E-state index contributed by atoms with van der Waals surface area (Å²) in [4.78, 5) is 32.5. The number of pyridine rings is 1. The maximum Gasteiger partial charge on any atom is 0.239 e. The maximum absolute atomic E-state index is 12.0. The Hall–Kier alpha value is -2.93. The van der Waals surface area contributed by atoms with Crippen molar-refractivity contribution in [2.24, 2.45) is 0 Å². The number of nitrogens with zero attached hydrogens (tertiary/aromatic N) is 3. The fourth-order valence-corrected chi connectivity index (χ4v) is 3.20. The molecule has 7 heteroatoms. The van der Waals surface area contributed by atoms with Crippen molar-refractivity contribution in [2.75, 3.05) is 37.6 Å². The second-order valence-corrected chi connectivity index (χ2v) is 6.87. The number of nitrogens with one attached hydrogen (secondary N) is 2. The summed E-state index contributed by atoms with van der Waals surface area (Å²) in [5.41, 5.74) is 7.23. The number of anilines is 1. The molecule has 3 rings (SSSR count). The molecular formula is C21H27N5O2. The van der Waals surface area contributed by atoms with E-state index in [1.54, 1.807) is 12.4 Å². The first-order valence-corrected chi connectivity index (χ1v) is 9.69. The van der Waals surface area contributed by atoms with Crippen LogP contribution in [-0.4, -0.2) is 54.4 Å². The third kappa shape index (κ3) is 6.35. The first-order chi connectivity index (χ1) is 13.7. The SMILES string of the molecule is O=C(CCc1cccnc1)NNC(=O)CCN1CCN(c2ccccc2)CC1. The van der Waals surface area contributed by atoms with Crippen LogP contribution >= 0.6 is 0 Å². The standard InChI is InChI=1S/C21H27N5O2/c27-20(9-8-18-5-4-11-22-17-18)23-24-21(28)10-12-25-13-15-26(16-14-25)19-6-2-1-3-7-19/h1-7,11,17H,8-10,12-16H2,(H,23,27)(H,24,28). The molecule has 2 aromatic rings. The van der Waals surface area contributed by atoms with E-state index in [0.717, 1.165) is 31.7 Å². The summed E-state index contributed by atoms with van der Waals surface area (Å²) in [7, 11) is 0. The molecule has 1 aliphatic rings. The van der Waals surface area contributed by atoms with Crippen LogP contribution in [0.2, 0.25) is 0 Å². The van der Waals surface area contributed by atoms with Gasteiger partial charge in [-0.2, -0.15) is 0 Å². The largest absolute Gasteiger partial charge is 0.369 e. The Balaban J connectivity index is 1.28. The summed E-state index contributed by atoms with van der Waals surface area (Å²) in [6.07, 6.45) is 4.72. The van der Waals surface area contributed by atoms with Gasteiger partial charge in [-0.1, -0.05) is 24.3 Å². The fraction of sp³-hybridized carbons (Fsp3) is 0.381. The molecule has 1 aromatic carbocycles. The molecule has 0 atom stereocenters. The van der Waals surface area contributed by atoms with E-state index in [0.29, 0.717) is 25.8 Å². The van der Waals surface area contributed by atoms with E-state index >= 15 is 0 Å². The predicted octanol–water partition coefficient (Wildman–Crippen LogP) is 1.37. The van der Waals surface area contributed by atoms with Crippen molar-refractivity contribution in [3.05, 3.63) is 60.4 Å². The van der Waals surface area contributed by atoms with Gasteiger partial charge in [0, 0.05) is 63.6 Å². The molecule has 2 amide bonds. The highest BCUT2D eigenvalue weighted by atomic mass is 16.2. The molecule has 1 saturated heterocycles. The molecule has 1 fully saturated rings. The van der Waals surface area contributed by atoms with Gasteiger partial charge in [-0.3, -0.25) is 30.3 Å². The molecule has 2 N–H and O–H groups in total. The van der Waals surface area contributed by atoms with Crippen LogP contribution in [0.3, 0.4) is 0 Å². The van der Waals surface area contributed by atoms with E-state index in [4.69, 9.17) is 0 Å². The molecule has 0 spiro atoms. The molecule has 0 aliphatic carbocycles. The lowest BCUT2D eigenvalue weighted by Crippen LogP contribution is -2.48. The van der Waals surface area contributed by atoms with Gasteiger partial charge >= 0.3 is 0 Å². The number of hydrazine groups is 1. The number of carbonyl (C=O) groups is 2. The minimum atomic E-state index is -0.200. The van der Waals surface area contributed by atoms with Gasteiger partial charge in [0.15, 0.2) is 0 Å². The van der Waals surface area contributed by atoms with Gasteiger partial charge in [-0.05, 0) is 30.2 Å².